The number of alkyl halides is 1. The normalized spacial score (nSPS) is 17.0. The minimum absolute atomic E-state index is 0.164. The van der Waals surface area contributed by atoms with Gasteiger partial charge in [-0.05, 0) is 69.5 Å². The van der Waals surface area contributed by atoms with Crippen molar-refractivity contribution in [3.63, 3.8) is 0 Å². The van der Waals surface area contributed by atoms with E-state index in [0.717, 1.165) is 50.2 Å². The van der Waals surface area contributed by atoms with Gasteiger partial charge in [-0.3, -0.25) is 4.79 Å². The number of aromatic nitrogens is 3. The summed E-state index contributed by atoms with van der Waals surface area (Å²) in [6.45, 7) is 1.64. The van der Waals surface area contributed by atoms with E-state index in [2.05, 4.69) is 32.7 Å². The Morgan fingerprint density at radius 1 is 1.30 bits per heavy atom. The van der Waals surface area contributed by atoms with Crippen molar-refractivity contribution < 1.29 is 23.8 Å². The molecule has 0 unspecified atom stereocenters. The third-order valence-corrected chi connectivity index (χ3v) is 8.08. The van der Waals surface area contributed by atoms with Crippen LogP contribution in [-0.2, 0) is 32.6 Å². The Balaban J connectivity index is 1.32. The first-order chi connectivity index (χ1) is 19.4. The standard InChI is InChI=1S/C28H38ClFN6O4/c1-40-21(15-30)17-36(13-3-2-6-20-8-7-19-5-4-12-32-25(19)34-20)14-9-23(26(37)38)35-27(39)28(10-11-28)22-16-31-18-33-24(22)29/h7-8,16,18,21,23H,2-6,9-15,17H2,1H3,(H,32,34)(H,35,39)(H,37,38)/t21-,23+/m1/s1. The first kappa shape index (κ1) is 30.1. The highest BCUT2D eigenvalue weighted by Crippen LogP contribution is 2.50. The molecule has 0 radical (unpaired) electrons. The lowest BCUT2D eigenvalue weighted by atomic mass is 9.97. The predicted octanol–water partition coefficient (Wildman–Crippen LogP) is 3.18. The van der Waals surface area contributed by atoms with E-state index < -0.39 is 36.1 Å². The molecule has 0 aromatic carbocycles. The van der Waals surface area contributed by atoms with E-state index in [0.29, 0.717) is 38.0 Å². The first-order valence-electron chi connectivity index (χ1n) is 13.9. The second kappa shape index (κ2) is 14.1. The van der Waals surface area contributed by atoms with Gasteiger partial charge >= 0.3 is 5.97 Å². The number of carboxylic acids is 1. The fourth-order valence-corrected chi connectivity index (χ4v) is 5.44. The van der Waals surface area contributed by atoms with Crippen molar-refractivity contribution in [3.8, 4) is 0 Å². The van der Waals surface area contributed by atoms with Crippen LogP contribution < -0.4 is 10.6 Å². The fourth-order valence-electron chi connectivity index (χ4n) is 5.16. The summed E-state index contributed by atoms with van der Waals surface area (Å²) in [5.74, 6) is -0.540. The summed E-state index contributed by atoms with van der Waals surface area (Å²) >= 11 is 6.20. The molecule has 4 rings (SSSR count). The Hall–Kier alpha value is -2.89. The summed E-state index contributed by atoms with van der Waals surface area (Å²) in [6.07, 6.45) is 8.17. The molecule has 1 fully saturated rings. The molecule has 12 heteroatoms. The highest BCUT2D eigenvalue weighted by Gasteiger charge is 2.53. The summed E-state index contributed by atoms with van der Waals surface area (Å²) in [7, 11) is 1.46. The number of anilines is 1. The van der Waals surface area contributed by atoms with Gasteiger partial charge in [0.25, 0.3) is 0 Å². The molecule has 10 nitrogen and oxygen atoms in total. The SMILES string of the molecule is CO[C@H](CF)CN(CCCCc1ccc2c(n1)NCCC2)CC[C@H](NC(=O)C1(c2cncnc2Cl)CC1)C(=O)O. The van der Waals surface area contributed by atoms with Crippen LogP contribution in [0, 0.1) is 0 Å². The number of nitrogens with one attached hydrogen (secondary N) is 2. The smallest absolute Gasteiger partial charge is 0.326 e. The maximum Gasteiger partial charge on any atom is 0.326 e. The highest BCUT2D eigenvalue weighted by molar-refractivity contribution is 6.30. The number of methoxy groups -OCH3 is 1. The number of aliphatic carboxylic acids is 1. The number of unbranched alkanes of at least 4 members (excludes halogenated alkanes) is 1. The fraction of sp³-hybridized carbons (Fsp3) is 0.607. The molecule has 3 heterocycles. The second-order valence-corrected chi connectivity index (χ2v) is 10.9. The number of aryl methyl sites for hydroxylation is 2. The van der Waals surface area contributed by atoms with E-state index in [-0.39, 0.29) is 11.6 Å². The van der Waals surface area contributed by atoms with Crippen LogP contribution >= 0.6 is 11.6 Å². The van der Waals surface area contributed by atoms with Crippen LogP contribution in [0.2, 0.25) is 5.15 Å². The van der Waals surface area contributed by atoms with Gasteiger partial charge in [0, 0.05) is 44.2 Å². The van der Waals surface area contributed by atoms with Crippen LogP contribution in [0.25, 0.3) is 0 Å². The molecule has 1 aliphatic carbocycles. The number of carbonyl (C=O) groups is 2. The maximum absolute atomic E-state index is 13.5. The molecule has 0 bridgehead atoms. The van der Waals surface area contributed by atoms with Gasteiger partial charge in [0.1, 0.15) is 30.0 Å². The molecule has 1 aliphatic heterocycles. The minimum Gasteiger partial charge on any atom is -0.480 e. The average molecular weight is 577 g/mol. The Labute approximate surface area is 239 Å². The monoisotopic (exact) mass is 576 g/mol. The van der Waals surface area contributed by atoms with E-state index in [1.54, 1.807) is 0 Å². The van der Waals surface area contributed by atoms with Crippen molar-refractivity contribution in [2.45, 2.75) is 68.9 Å². The quantitative estimate of drug-likeness (QED) is 0.204. The lowest BCUT2D eigenvalue weighted by Crippen LogP contribution is -2.47. The van der Waals surface area contributed by atoms with Crippen molar-refractivity contribution in [2.75, 3.05) is 45.3 Å². The zero-order valence-electron chi connectivity index (χ0n) is 22.9. The number of hydrogen-bond acceptors (Lipinski definition) is 8. The van der Waals surface area contributed by atoms with Crippen LogP contribution in [0.15, 0.2) is 24.7 Å². The summed E-state index contributed by atoms with van der Waals surface area (Å²) in [4.78, 5) is 39.9. The molecule has 2 aromatic heterocycles. The molecule has 1 amide bonds. The molecule has 2 aliphatic rings. The van der Waals surface area contributed by atoms with Gasteiger partial charge in [-0.25, -0.2) is 24.1 Å². The molecular formula is C28H38ClFN6O4. The minimum atomic E-state index is -1.12. The number of nitrogens with zero attached hydrogens (tertiary/aromatic N) is 4. The molecule has 3 N–H and O–H groups in total. The zero-order chi connectivity index (χ0) is 28.5. The van der Waals surface area contributed by atoms with Crippen molar-refractivity contribution in [2.24, 2.45) is 0 Å². The van der Waals surface area contributed by atoms with Gasteiger partial charge in [-0.2, -0.15) is 0 Å². The Morgan fingerprint density at radius 3 is 2.83 bits per heavy atom. The van der Waals surface area contributed by atoms with E-state index >= 15 is 0 Å². The lowest BCUT2D eigenvalue weighted by molar-refractivity contribution is -0.142. The molecule has 40 heavy (non-hydrogen) atoms. The number of hydrogen-bond donors (Lipinski definition) is 3. The number of fused-ring (bicyclic) bond motifs is 1. The number of rotatable bonds is 16. The van der Waals surface area contributed by atoms with E-state index in [4.69, 9.17) is 21.3 Å². The van der Waals surface area contributed by atoms with E-state index in [9.17, 15) is 19.1 Å². The molecule has 1 saturated carbocycles. The number of carboxylic acid groups (broad SMARTS) is 1. The van der Waals surface area contributed by atoms with E-state index in [1.807, 2.05) is 4.90 Å². The molecule has 2 atom stereocenters. The Bertz CT molecular complexity index is 1160. The third kappa shape index (κ3) is 7.64. The first-order valence-corrected chi connectivity index (χ1v) is 14.3. The summed E-state index contributed by atoms with van der Waals surface area (Å²) in [5, 5.41) is 16.1. The summed E-state index contributed by atoms with van der Waals surface area (Å²) in [6, 6.07) is 3.12. The van der Waals surface area contributed by atoms with Gasteiger partial charge in [-0.15, -0.1) is 0 Å². The van der Waals surface area contributed by atoms with Gasteiger partial charge in [-0.1, -0.05) is 17.7 Å². The number of amides is 1. The van der Waals surface area contributed by atoms with Gasteiger partial charge < -0.3 is 25.4 Å². The maximum atomic E-state index is 13.5. The van der Waals surface area contributed by atoms with Crippen LogP contribution in [0.5, 0.6) is 0 Å². The summed E-state index contributed by atoms with van der Waals surface area (Å²) < 4.78 is 18.7. The molecule has 0 spiro atoms. The topological polar surface area (TPSA) is 130 Å². The Kier molecular flexibility index (Phi) is 10.6. The second-order valence-electron chi connectivity index (χ2n) is 10.6. The number of pyridine rings is 1. The largest absolute Gasteiger partial charge is 0.480 e. The zero-order valence-corrected chi connectivity index (χ0v) is 23.6. The van der Waals surface area contributed by atoms with E-state index in [1.165, 1.54) is 25.2 Å². The average Bonchev–Trinajstić information content (AvgIpc) is 3.77. The number of carbonyl (C=O) groups excluding carboxylic acids is 1. The lowest BCUT2D eigenvalue weighted by Gasteiger charge is -2.27. The van der Waals surface area contributed by atoms with Crippen molar-refractivity contribution in [1.82, 2.24) is 25.2 Å². The van der Waals surface area contributed by atoms with Crippen LogP contribution in [-0.4, -0.2) is 88.9 Å². The van der Waals surface area contributed by atoms with Gasteiger partial charge in [0.2, 0.25) is 5.91 Å². The van der Waals surface area contributed by atoms with Crippen molar-refractivity contribution in [1.29, 1.82) is 0 Å². The number of ether oxygens (including phenoxy) is 1. The summed E-state index contributed by atoms with van der Waals surface area (Å²) in [5.41, 5.74) is 1.90. The highest BCUT2D eigenvalue weighted by atomic mass is 35.5. The molecule has 0 saturated heterocycles. The molecule has 218 valence electrons. The third-order valence-electron chi connectivity index (χ3n) is 7.78. The number of halogens is 2. The van der Waals surface area contributed by atoms with Crippen molar-refractivity contribution >= 4 is 29.3 Å². The molecular weight excluding hydrogens is 539 g/mol. The van der Waals surface area contributed by atoms with Crippen LogP contribution in [0.4, 0.5) is 10.2 Å². The van der Waals surface area contributed by atoms with Crippen LogP contribution in [0.1, 0.15) is 55.3 Å². The molecule has 2 aromatic rings. The Morgan fingerprint density at radius 2 is 2.12 bits per heavy atom. The predicted molar refractivity (Wildman–Crippen MR) is 149 cm³/mol. The van der Waals surface area contributed by atoms with Gasteiger partial charge in [0.05, 0.1) is 11.5 Å². The van der Waals surface area contributed by atoms with Crippen molar-refractivity contribution in [3.05, 3.63) is 46.6 Å². The van der Waals surface area contributed by atoms with Crippen LogP contribution in [0.3, 0.4) is 0 Å². The van der Waals surface area contributed by atoms with Gasteiger partial charge in [0.15, 0.2) is 0 Å².